The summed E-state index contributed by atoms with van der Waals surface area (Å²) in [5.74, 6) is -1.91. The first kappa shape index (κ1) is 14.6. The van der Waals surface area contributed by atoms with Gasteiger partial charge in [0.25, 0.3) is 11.8 Å². The fourth-order valence-corrected chi connectivity index (χ4v) is 1.44. The van der Waals surface area contributed by atoms with Crippen LogP contribution in [0.1, 0.15) is 40.0 Å². The van der Waals surface area contributed by atoms with E-state index in [2.05, 4.69) is 0 Å². The Bertz CT molecular complexity index is 323. The molecule has 1 saturated heterocycles. The molecule has 0 saturated carbocycles. The maximum atomic E-state index is 11.6. The molecule has 0 bridgehead atoms. The van der Waals surface area contributed by atoms with Gasteiger partial charge in [-0.25, -0.2) is 4.79 Å². The van der Waals surface area contributed by atoms with Crippen LogP contribution in [0.2, 0.25) is 0 Å². The van der Waals surface area contributed by atoms with Crippen LogP contribution < -0.4 is 0 Å². The molecule has 6 heteroatoms. The Morgan fingerprint density at radius 3 is 2.28 bits per heavy atom. The van der Waals surface area contributed by atoms with Crippen LogP contribution in [0.15, 0.2) is 0 Å². The van der Waals surface area contributed by atoms with Crippen molar-refractivity contribution in [3.8, 4) is 0 Å². The molecule has 1 fully saturated rings. The average Bonchev–Trinajstić information content (AvgIpc) is 2.60. The molecule has 1 aliphatic rings. The quantitative estimate of drug-likeness (QED) is 0.665. The third kappa shape index (κ3) is 4.10. The van der Waals surface area contributed by atoms with Gasteiger partial charge in [0.05, 0.1) is 12.0 Å². The third-order valence-corrected chi connectivity index (χ3v) is 2.59. The molecule has 0 aromatic rings. The second kappa shape index (κ2) is 6.49. The standard InChI is InChI=1S/C12H19NO5/c1-8(2)17-7-6-9(3)12(16)18-13-10(14)4-5-11(13)15/h8-9H,4-7H2,1-3H3. The number of rotatable bonds is 6. The molecule has 1 unspecified atom stereocenters. The Kier molecular flexibility index (Phi) is 5.27. The number of ether oxygens (including phenoxy) is 1. The molecule has 1 heterocycles. The Hall–Kier alpha value is -1.43. The third-order valence-electron chi connectivity index (χ3n) is 2.59. The van der Waals surface area contributed by atoms with Crippen molar-refractivity contribution in [1.29, 1.82) is 0 Å². The summed E-state index contributed by atoms with van der Waals surface area (Å²) in [5, 5.41) is 0.572. The van der Waals surface area contributed by atoms with Crippen LogP contribution in [0.5, 0.6) is 0 Å². The zero-order valence-corrected chi connectivity index (χ0v) is 11.0. The van der Waals surface area contributed by atoms with E-state index in [1.165, 1.54) is 0 Å². The molecule has 0 radical (unpaired) electrons. The first-order valence-corrected chi connectivity index (χ1v) is 6.11. The monoisotopic (exact) mass is 257 g/mol. The van der Waals surface area contributed by atoms with Gasteiger partial charge in [-0.1, -0.05) is 6.92 Å². The fraction of sp³-hybridized carbons (Fsp3) is 0.750. The lowest BCUT2D eigenvalue weighted by atomic mass is 10.1. The van der Waals surface area contributed by atoms with E-state index < -0.39 is 23.7 Å². The minimum absolute atomic E-state index is 0.106. The largest absolute Gasteiger partial charge is 0.379 e. The van der Waals surface area contributed by atoms with Crippen molar-refractivity contribution in [3.63, 3.8) is 0 Å². The molecule has 0 N–H and O–H groups in total. The topological polar surface area (TPSA) is 72.9 Å². The number of hydroxylamine groups is 2. The van der Waals surface area contributed by atoms with Crippen molar-refractivity contribution in [3.05, 3.63) is 0 Å². The smallest absolute Gasteiger partial charge is 0.336 e. The molecule has 1 atom stereocenters. The van der Waals surface area contributed by atoms with E-state index in [0.29, 0.717) is 18.1 Å². The van der Waals surface area contributed by atoms with Gasteiger partial charge in [-0.15, -0.1) is 5.06 Å². The van der Waals surface area contributed by atoms with Crippen LogP contribution in [0.25, 0.3) is 0 Å². The Labute approximate surface area is 106 Å². The Morgan fingerprint density at radius 2 is 1.78 bits per heavy atom. The van der Waals surface area contributed by atoms with Crippen LogP contribution in [0.4, 0.5) is 0 Å². The maximum Gasteiger partial charge on any atom is 0.336 e. The van der Waals surface area contributed by atoms with Crippen molar-refractivity contribution < 1.29 is 24.0 Å². The molecule has 102 valence electrons. The summed E-state index contributed by atoms with van der Waals surface area (Å²) >= 11 is 0. The van der Waals surface area contributed by atoms with Crippen LogP contribution in [0, 0.1) is 5.92 Å². The van der Waals surface area contributed by atoms with Gasteiger partial charge >= 0.3 is 5.97 Å². The zero-order chi connectivity index (χ0) is 13.7. The van der Waals surface area contributed by atoms with Crippen LogP contribution in [-0.2, 0) is 24.0 Å². The molecule has 18 heavy (non-hydrogen) atoms. The Balaban J connectivity index is 2.35. The van der Waals surface area contributed by atoms with Gasteiger partial charge in [0, 0.05) is 19.4 Å². The number of carbonyl (C=O) groups is 3. The molecule has 0 aliphatic carbocycles. The van der Waals surface area contributed by atoms with Gasteiger partial charge < -0.3 is 9.57 Å². The second-order valence-electron chi connectivity index (χ2n) is 4.60. The first-order chi connectivity index (χ1) is 8.41. The van der Waals surface area contributed by atoms with E-state index in [9.17, 15) is 14.4 Å². The molecule has 0 aromatic heterocycles. The summed E-state index contributed by atoms with van der Waals surface area (Å²) in [6.07, 6.45) is 0.816. The molecular formula is C12H19NO5. The highest BCUT2D eigenvalue weighted by Crippen LogP contribution is 2.15. The maximum absolute atomic E-state index is 11.6. The van der Waals surface area contributed by atoms with E-state index in [1.807, 2.05) is 13.8 Å². The highest BCUT2D eigenvalue weighted by molar-refractivity contribution is 6.01. The SMILES string of the molecule is CC(C)OCCC(C)C(=O)ON1C(=O)CCC1=O. The van der Waals surface area contributed by atoms with Crippen LogP contribution in [-0.4, -0.2) is 35.6 Å². The van der Waals surface area contributed by atoms with Crippen LogP contribution >= 0.6 is 0 Å². The molecule has 1 rings (SSSR count). The normalized spacial score (nSPS) is 17.4. The van der Waals surface area contributed by atoms with Crippen molar-refractivity contribution in [2.24, 2.45) is 5.92 Å². The highest BCUT2D eigenvalue weighted by Gasteiger charge is 2.33. The predicted octanol–water partition coefficient (Wildman–Crippen LogP) is 1.04. The lowest BCUT2D eigenvalue weighted by Gasteiger charge is -2.16. The summed E-state index contributed by atoms with van der Waals surface area (Å²) in [7, 11) is 0. The number of hydrogen-bond acceptors (Lipinski definition) is 5. The van der Waals surface area contributed by atoms with Crippen molar-refractivity contribution in [2.75, 3.05) is 6.61 Å². The van der Waals surface area contributed by atoms with E-state index in [-0.39, 0.29) is 18.9 Å². The van der Waals surface area contributed by atoms with E-state index >= 15 is 0 Å². The van der Waals surface area contributed by atoms with Gasteiger partial charge in [0.2, 0.25) is 0 Å². The number of imide groups is 1. The number of nitrogens with zero attached hydrogens (tertiary/aromatic N) is 1. The average molecular weight is 257 g/mol. The fourth-order valence-electron chi connectivity index (χ4n) is 1.44. The molecule has 0 spiro atoms. The van der Waals surface area contributed by atoms with Gasteiger partial charge in [0.15, 0.2) is 0 Å². The van der Waals surface area contributed by atoms with Gasteiger partial charge in [0.1, 0.15) is 0 Å². The second-order valence-corrected chi connectivity index (χ2v) is 4.60. The minimum atomic E-state index is -0.578. The van der Waals surface area contributed by atoms with Crippen LogP contribution in [0.3, 0.4) is 0 Å². The summed E-state index contributed by atoms with van der Waals surface area (Å²) in [4.78, 5) is 38.9. The summed E-state index contributed by atoms with van der Waals surface area (Å²) < 4.78 is 5.32. The summed E-state index contributed by atoms with van der Waals surface area (Å²) in [6.45, 7) is 5.93. The number of hydrogen-bond donors (Lipinski definition) is 0. The van der Waals surface area contributed by atoms with Crippen molar-refractivity contribution >= 4 is 17.8 Å². The zero-order valence-electron chi connectivity index (χ0n) is 11.0. The van der Waals surface area contributed by atoms with E-state index in [4.69, 9.17) is 9.57 Å². The lowest BCUT2D eigenvalue weighted by molar-refractivity contribution is -0.200. The summed E-state index contributed by atoms with van der Waals surface area (Å²) in [6, 6.07) is 0. The van der Waals surface area contributed by atoms with E-state index in [1.54, 1.807) is 6.92 Å². The molecule has 6 nitrogen and oxygen atoms in total. The predicted molar refractivity (Wildman–Crippen MR) is 62.0 cm³/mol. The summed E-state index contributed by atoms with van der Waals surface area (Å²) in [5.41, 5.74) is 0. The van der Waals surface area contributed by atoms with Gasteiger partial charge in [-0.3, -0.25) is 9.59 Å². The van der Waals surface area contributed by atoms with Gasteiger partial charge in [-0.2, -0.15) is 0 Å². The molecule has 0 aromatic carbocycles. The minimum Gasteiger partial charge on any atom is -0.379 e. The molecule has 2 amide bonds. The number of amides is 2. The van der Waals surface area contributed by atoms with Crippen molar-refractivity contribution in [1.82, 2.24) is 5.06 Å². The van der Waals surface area contributed by atoms with Crippen molar-refractivity contribution in [2.45, 2.75) is 46.1 Å². The van der Waals surface area contributed by atoms with Gasteiger partial charge in [-0.05, 0) is 20.3 Å². The number of carbonyl (C=O) groups excluding carboxylic acids is 3. The molecule has 1 aliphatic heterocycles. The first-order valence-electron chi connectivity index (χ1n) is 6.11. The molecular weight excluding hydrogens is 238 g/mol. The van der Waals surface area contributed by atoms with E-state index in [0.717, 1.165) is 0 Å². The highest BCUT2D eigenvalue weighted by atomic mass is 16.7. The Morgan fingerprint density at radius 1 is 1.22 bits per heavy atom. The lowest BCUT2D eigenvalue weighted by Crippen LogP contribution is -2.34.